The van der Waals surface area contributed by atoms with Crippen LogP contribution in [-0.2, 0) is 0 Å². The van der Waals surface area contributed by atoms with Crippen LogP contribution in [-0.4, -0.2) is 24.4 Å². The van der Waals surface area contributed by atoms with Gasteiger partial charge in [-0.25, -0.2) is 4.98 Å². The Balaban J connectivity index is 2.02. The maximum atomic E-state index is 5.21. The van der Waals surface area contributed by atoms with E-state index in [0.29, 0.717) is 6.04 Å². The van der Waals surface area contributed by atoms with Crippen molar-refractivity contribution in [3.63, 3.8) is 0 Å². The van der Waals surface area contributed by atoms with Crippen LogP contribution in [0.5, 0.6) is 5.75 Å². The van der Waals surface area contributed by atoms with E-state index >= 15 is 0 Å². The first-order valence-electron chi connectivity index (χ1n) is 6.84. The Hall–Kier alpha value is -1.04. The summed E-state index contributed by atoms with van der Waals surface area (Å²) < 4.78 is 6.21. The molecule has 1 aromatic carbocycles. The van der Waals surface area contributed by atoms with Crippen LogP contribution in [0.4, 0.5) is 0 Å². The number of rotatable bonds is 7. The Morgan fingerprint density at radius 3 is 2.57 bits per heavy atom. The number of halogens is 1. The first-order valence-corrected chi connectivity index (χ1v) is 8.62. The summed E-state index contributed by atoms with van der Waals surface area (Å²) in [5.74, 6) is 1.82. The Bertz CT molecular complexity index is 545. The third kappa shape index (κ3) is 5.02. The molecule has 2 rings (SSSR count). The molecule has 0 bridgehead atoms. The number of benzene rings is 1. The predicted molar refractivity (Wildman–Crippen MR) is 92.1 cm³/mol. The van der Waals surface area contributed by atoms with E-state index in [1.54, 1.807) is 18.9 Å². The first-order chi connectivity index (χ1) is 10.2. The normalized spacial score (nSPS) is 12.1. The second-order valence-electron chi connectivity index (χ2n) is 4.51. The second-order valence-corrected chi connectivity index (χ2v) is 6.47. The fraction of sp³-hybridized carbons (Fsp3) is 0.312. The van der Waals surface area contributed by atoms with Crippen molar-refractivity contribution in [3.05, 3.63) is 52.6 Å². The van der Waals surface area contributed by atoms with E-state index in [1.807, 2.05) is 30.5 Å². The van der Waals surface area contributed by atoms with Gasteiger partial charge >= 0.3 is 0 Å². The van der Waals surface area contributed by atoms with Crippen molar-refractivity contribution in [2.75, 3.05) is 19.4 Å². The molecular formula is C16H19BrN2OS. The molecule has 0 aliphatic rings. The van der Waals surface area contributed by atoms with Crippen LogP contribution in [0, 0.1) is 0 Å². The summed E-state index contributed by atoms with van der Waals surface area (Å²) >= 11 is 5.16. The van der Waals surface area contributed by atoms with Crippen molar-refractivity contribution in [3.8, 4) is 5.75 Å². The summed E-state index contributed by atoms with van der Waals surface area (Å²) in [6.45, 7) is 3.06. The Labute approximate surface area is 138 Å². The second kappa shape index (κ2) is 8.41. The lowest BCUT2D eigenvalue weighted by Gasteiger charge is -2.18. The van der Waals surface area contributed by atoms with Gasteiger partial charge in [0.2, 0.25) is 0 Å². The van der Waals surface area contributed by atoms with E-state index in [4.69, 9.17) is 4.74 Å². The molecule has 5 heteroatoms. The van der Waals surface area contributed by atoms with E-state index in [9.17, 15) is 0 Å². The predicted octanol–water partition coefficient (Wildman–Crippen LogP) is 4.30. The smallest absolute Gasteiger partial charge is 0.118 e. The molecule has 1 N–H and O–H groups in total. The number of pyridine rings is 1. The van der Waals surface area contributed by atoms with Gasteiger partial charge in [0.15, 0.2) is 0 Å². The molecule has 0 fully saturated rings. The fourth-order valence-electron chi connectivity index (χ4n) is 1.97. The lowest BCUT2D eigenvalue weighted by atomic mass is 10.1. The SMILES string of the molecule is CCNC(CSc1ccc(Br)cn1)c1ccc(OC)cc1. The number of hydrogen-bond acceptors (Lipinski definition) is 4. The monoisotopic (exact) mass is 366 g/mol. The minimum Gasteiger partial charge on any atom is -0.497 e. The van der Waals surface area contributed by atoms with E-state index in [0.717, 1.165) is 27.5 Å². The van der Waals surface area contributed by atoms with Crippen molar-refractivity contribution in [2.45, 2.75) is 18.0 Å². The van der Waals surface area contributed by atoms with Gasteiger partial charge in [-0.3, -0.25) is 0 Å². The number of aromatic nitrogens is 1. The average Bonchev–Trinajstić information content (AvgIpc) is 2.53. The van der Waals surface area contributed by atoms with Crippen LogP contribution in [0.25, 0.3) is 0 Å². The van der Waals surface area contributed by atoms with Crippen molar-refractivity contribution < 1.29 is 4.74 Å². The highest BCUT2D eigenvalue weighted by Gasteiger charge is 2.11. The van der Waals surface area contributed by atoms with Gasteiger partial charge in [-0.15, -0.1) is 11.8 Å². The highest BCUT2D eigenvalue weighted by atomic mass is 79.9. The number of methoxy groups -OCH3 is 1. The Kier molecular flexibility index (Phi) is 6.54. The van der Waals surface area contributed by atoms with Crippen molar-refractivity contribution in [2.24, 2.45) is 0 Å². The number of ether oxygens (including phenoxy) is 1. The van der Waals surface area contributed by atoms with Crippen LogP contribution in [0.15, 0.2) is 52.1 Å². The van der Waals surface area contributed by atoms with Gasteiger partial charge in [0, 0.05) is 22.5 Å². The van der Waals surface area contributed by atoms with Gasteiger partial charge in [-0.2, -0.15) is 0 Å². The average molecular weight is 367 g/mol. The first kappa shape index (κ1) is 16.3. The molecule has 21 heavy (non-hydrogen) atoms. The highest BCUT2D eigenvalue weighted by molar-refractivity contribution is 9.10. The van der Waals surface area contributed by atoms with Crippen molar-refractivity contribution in [1.82, 2.24) is 10.3 Å². The van der Waals surface area contributed by atoms with Gasteiger partial charge in [0.05, 0.1) is 12.1 Å². The van der Waals surface area contributed by atoms with Crippen molar-refractivity contribution in [1.29, 1.82) is 0 Å². The van der Waals surface area contributed by atoms with Crippen molar-refractivity contribution >= 4 is 27.7 Å². The molecule has 1 unspecified atom stereocenters. The van der Waals surface area contributed by atoms with Gasteiger partial charge in [0.1, 0.15) is 5.75 Å². The quantitative estimate of drug-likeness (QED) is 0.740. The molecule has 2 aromatic rings. The van der Waals surface area contributed by atoms with Crippen LogP contribution >= 0.6 is 27.7 Å². The van der Waals surface area contributed by atoms with E-state index in [-0.39, 0.29) is 0 Å². The zero-order chi connectivity index (χ0) is 15.1. The van der Waals surface area contributed by atoms with E-state index in [1.165, 1.54) is 5.56 Å². The maximum Gasteiger partial charge on any atom is 0.118 e. The summed E-state index contributed by atoms with van der Waals surface area (Å²) in [6, 6.07) is 12.6. The number of thioether (sulfide) groups is 1. The zero-order valence-corrected chi connectivity index (χ0v) is 14.6. The lowest BCUT2D eigenvalue weighted by Crippen LogP contribution is -2.22. The molecule has 0 spiro atoms. The summed E-state index contributed by atoms with van der Waals surface area (Å²) in [5, 5.41) is 4.56. The topological polar surface area (TPSA) is 34.2 Å². The summed E-state index contributed by atoms with van der Waals surface area (Å²) in [5.41, 5.74) is 1.27. The molecular weight excluding hydrogens is 348 g/mol. The summed E-state index contributed by atoms with van der Waals surface area (Å²) in [4.78, 5) is 4.40. The van der Waals surface area contributed by atoms with Crippen LogP contribution < -0.4 is 10.1 Å². The minimum absolute atomic E-state index is 0.302. The summed E-state index contributed by atoms with van der Waals surface area (Å²) in [6.07, 6.45) is 1.83. The molecule has 112 valence electrons. The molecule has 0 amide bonds. The third-order valence-corrected chi connectivity index (χ3v) is 4.57. The van der Waals surface area contributed by atoms with Crippen LogP contribution in [0.1, 0.15) is 18.5 Å². The molecule has 1 atom stereocenters. The molecule has 1 heterocycles. The third-order valence-electron chi connectivity index (χ3n) is 3.07. The number of nitrogens with zero attached hydrogens (tertiary/aromatic N) is 1. The Morgan fingerprint density at radius 1 is 1.24 bits per heavy atom. The molecule has 0 aliphatic heterocycles. The highest BCUT2D eigenvalue weighted by Crippen LogP contribution is 2.25. The fourth-order valence-corrected chi connectivity index (χ4v) is 3.15. The Morgan fingerprint density at radius 2 is 2.00 bits per heavy atom. The molecule has 3 nitrogen and oxygen atoms in total. The largest absolute Gasteiger partial charge is 0.497 e. The van der Waals surface area contributed by atoms with Gasteiger partial charge in [-0.1, -0.05) is 19.1 Å². The number of hydrogen-bond donors (Lipinski definition) is 1. The van der Waals surface area contributed by atoms with Crippen LogP contribution in [0.2, 0.25) is 0 Å². The van der Waals surface area contributed by atoms with Crippen LogP contribution in [0.3, 0.4) is 0 Å². The molecule has 0 saturated carbocycles. The molecule has 0 saturated heterocycles. The molecule has 0 radical (unpaired) electrons. The van der Waals surface area contributed by atoms with Gasteiger partial charge in [0.25, 0.3) is 0 Å². The van der Waals surface area contributed by atoms with Gasteiger partial charge < -0.3 is 10.1 Å². The molecule has 1 aromatic heterocycles. The molecule has 0 aliphatic carbocycles. The summed E-state index contributed by atoms with van der Waals surface area (Å²) in [7, 11) is 1.69. The minimum atomic E-state index is 0.302. The van der Waals surface area contributed by atoms with Gasteiger partial charge in [-0.05, 0) is 52.3 Å². The van der Waals surface area contributed by atoms with E-state index < -0.39 is 0 Å². The standard InChI is InChI=1S/C16H19BrN2OS/c1-3-18-15(12-4-7-14(20-2)8-5-12)11-21-16-9-6-13(17)10-19-16/h4-10,15,18H,3,11H2,1-2H3. The maximum absolute atomic E-state index is 5.21. The van der Waals surface area contributed by atoms with E-state index in [2.05, 4.69) is 45.3 Å². The number of nitrogens with one attached hydrogen (secondary N) is 1. The zero-order valence-electron chi connectivity index (χ0n) is 12.2. The lowest BCUT2D eigenvalue weighted by molar-refractivity contribution is 0.414.